The highest BCUT2D eigenvalue weighted by Crippen LogP contribution is 2.25. The topological polar surface area (TPSA) is 90.8 Å². The van der Waals surface area contributed by atoms with Gasteiger partial charge in [0, 0.05) is 16.6 Å². The van der Waals surface area contributed by atoms with Crippen molar-refractivity contribution in [2.45, 2.75) is 39.0 Å². The van der Waals surface area contributed by atoms with Crippen LogP contribution in [0.2, 0.25) is 5.02 Å². The minimum atomic E-state index is -0.564. The van der Waals surface area contributed by atoms with E-state index in [0.717, 1.165) is 31.2 Å². The average molecular weight is 414 g/mol. The number of carbonyl (C=O) groups is 2. The number of anilines is 1. The molecular formula is C22H24ClN3O3. The number of halogens is 1. The molecule has 2 amide bonds. The highest BCUT2D eigenvalue weighted by molar-refractivity contribution is 6.31. The van der Waals surface area contributed by atoms with Crippen molar-refractivity contribution in [1.29, 1.82) is 0 Å². The van der Waals surface area contributed by atoms with Gasteiger partial charge in [0.25, 0.3) is 5.91 Å². The second-order valence-electron chi connectivity index (χ2n) is 7.20. The Balaban J connectivity index is 1.66. The number of hydrogen-bond acceptors (Lipinski definition) is 4. The third kappa shape index (κ3) is 5.57. The van der Waals surface area contributed by atoms with E-state index in [0.29, 0.717) is 16.4 Å². The van der Waals surface area contributed by atoms with Crippen molar-refractivity contribution in [3.05, 3.63) is 58.6 Å². The quantitative estimate of drug-likeness (QED) is 0.489. The van der Waals surface area contributed by atoms with E-state index >= 15 is 0 Å². The molecule has 6 nitrogen and oxygen atoms in total. The summed E-state index contributed by atoms with van der Waals surface area (Å²) in [6, 6.07) is 11.6. The van der Waals surface area contributed by atoms with Crippen LogP contribution in [0.3, 0.4) is 0 Å². The lowest BCUT2D eigenvalue weighted by molar-refractivity contribution is -0.120. The summed E-state index contributed by atoms with van der Waals surface area (Å²) in [5, 5.41) is 17.2. The molecule has 29 heavy (non-hydrogen) atoms. The van der Waals surface area contributed by atoms with Crippen molar-refractivity contribution in [3.8, 4) is 5.75 Å². The largest absolute Gasteiger partial charge is 0.507 e. The molecular weight excluding hydrogens is 390 g/mol. The van der Waals surface area contributed by atoms with Crippen molar-refractivity contribution >= 4 is 34.8 Å². The summed E-state index contributed by atoms with van der Waals surface area (Å²) in [6.07, 6.45) is 5.29. The molecule has 0 unspecified atom stereocenters. The normalized spacial score (nSPS) is 15.0. The molecule has 0 saturated heterocycles. The van der Waals surface area contributed by atoms with Gasteiger partial charge in [0.05, 0.1) is 11.3 Å². The molecule has 0 aliphatic heterocycles. The van der Waals surface area contributed by atoms with Gasteiger partial charge in [0.15, 0.2) is 0 Å². The standard InChI is InChI=1S/C22H24ClN3O3/c1-14(25-26-22(29)19-13-17(23)10-11-20(19)27)16-8-5-9-18(12-16)24-21(28)15-6-3-2-4-7-15/h5,8-13,15,27H,2-4,6-7H2,1H3,(H,24,28)(H,26,29)/b25-14-. The van der Waals surface area contributed by atoms with Crippen molar-refractivity contribution in [1.82, 2.24) is 5.43 Å². The molecule has 3 N–H and O–H groups in total. The lowest BCUT2D eigenvalue weighted by Gasteiger charge is -2.20. The Morgan fingerprint density at radius 1 is 1.10 bits per heavy atom. The first-order valence-electron chi connectivity index (χ1n) is 9.68. The summed E-state index contributed by atoms with van der Waals surface area (Å²) < 4.78 is 0. The maximum Gasteiger partial charge on any atom is 0.275 e. The number of amides is 2. The number of phenols is 1. The Morgan fingerprint density at radius 3 is 2.62 bits per heavy atom. The third-order valence-corrected chi connectivity index (χ3v) is 5.29. The fraction of sp³-hybridized carbons (Fsp3) is 0.318. The zero-order valence-electron chi connectivity index (χ0n) is 16.2. The summed E-state index contributed by atoms with van der Waals surface area (Å²) in [5.41, 5.74) is 4.49. The SMILES string of the molecule is C/C(=N/NC(=O)c1cc(Cl)ccc1O)c1cccc(NC(=O)C2CCCCC2)c1. The number of hydrogen-bond donors (Lipinski definition) is 3. The van der Waals surface area contributed by atoms with E-state index in [1.54, 1.807) is 6.92 Å². The van der Waals surface area contributed by atoms with Gasteiger partial charge in [-0.25, -0.2) is 5.43 Å². The van der Waals surface area contributed by atoms with Crippen LogP contribution in [0.5, 0.6) is 5.75 Å². The first-order valence-corrected chi connectivity index (χ1v) is 10.1. The highest BCUT2D eigenvalue weighted by atomic mass is 35.5. The molecule has 7 heteroatoms. The molecule has 0 spiro atoms. The molecule has 0 radical (unpaired) electrons. The zero-order valence-corrected chi connectivity index (χ0v) is 17.0. The average Bonchev–Trinajstić information content (AvgIpc) is 2.74. The number of hydrazone groups is 1. The van der Waals surface area contributed by atoms with Crippen LogP contribution in [0.4, 0.5) is 5.69 Å². The van der Waals surface area contributed by atoms with E-state index in [1.807, 2.05) is 24.3 Å². The van der Waals surface area contributed by atoms with Crippen LogP contribution >= 0.6 is 11.6 Å². The second-order valence-corrected chi connectivity index (χ2v) is 7.64. The van der Waals surface area contributed by atoms with Crippen LogP contribution in [0.15, 0.2) is 47.6 Å². The smallest absolute Gasteiger partial charge is 0.275 e. The van der Waals surface area contributed by atoms with Crippen LogP contribution in [0.25, 0.3) is 0 Å². The molecule has 0 atom stereocenters. The molecule has 0 heterocycles. The summed E-state index contributed by atoms with van der Waals surface area (Å²) in [7, 11) is 0. The molecule has 1 aliphatic rings. The maximum atomic E-state index is 12.4. The zero-order chi connectivity index (χ0) is 20.8. The molecule has 1 aliphatic carbocycles. The van der Waals surface area contributed by atoms with E-state index in [4.69, 9.17) is 11.6 Å². The summed E-state index contributed by atoms with van der Waals surface area (Å²) in [5.74, 6) is -0.605. The minimum Gasteiger partial charge on any atom is -0.507 e. The summed E-state index contributed by atoms with van der Waals surface area (Å²) >= 11 is 5.87. The van der Waals surface area contributed by atoms with Crippen LogP contribution in [-0.4, -0.2) is 22.6 Å². The van der Waals surface area contributed by atoms with E-state index < -0.39 is 5.91 Å². The monoisotopic (exact) mass is 413 g/mol. The fourth-order valence-corrected chi connectivity index (χ4v) is 3.55. The maximum absolute atomic E-state index is 12.4. The number of phenolic OH excluding ortho intramolecular Hbond substituents is 1. The molecule has 1 fully saturated rings. The molecule has 2 aromatic rings. The number of carbonyl (C=O) groups excluding carboxylic acids is 2. The van der Waals surface area contributed by atoms with Crippen molar-refractivity contribution in [2.75, 3.05) is 5.32 Å². The van der Waals surface area contributed by atoms with Crippen molar-refractivity contribution in [3.63, 3.8) is 0 Å². The van der Waals surface area contributed by atoms with E-state index in [2.05, 4.69) is 15.8 Å². The van der Waals surface area contributed by atoms with E-state index in [9.17, 15) is 14.7 Å². The summed E-state index contributed by atoms with van der Waals surface area (Å²) in [6.45, 7) is 1.75. The van der Waals surface area contributed by atoms with E-state index in [1.165, 1.54) is 24.6 Å². The Kier molecular flexibility index (Phi) is 6.88. The van der Waals surface area contributed by atoms with Gasteiger partial charge in [-0.05, 0) is 55.7 Å². The molecule has 3 rings (SSSR count). The van der Waals surface area contributed by atoms with Gasteiger partial charge in [0.1, 0.15) is 5.75 Å². The number of benzene rings is 2. The molecule has 0 aromatic heterocycles. The number of aromatic hydroxyl groups is 1. The highest BCUT2D eigenvalue weighted by Gasteiger charge is 2.21. The Bertz CT molecular complexity index is 937. The lowest BCUT2D eigenvalue weighted by atomic mass is 9.88. The predicted octanol–water partition coefficient (Wildman–Crippen LogP) is 4.72. The van der Waals surface area contributed by atoms with Crippen LogP contribution in [0, 0.1) is 5.92 Å². The Morgan fingerprint density at radius 2 is 1.86 bits per heavy atom. The molecule has 1 saturated carbocycles. The van der Waals surface area contributed by atoms with Crippen molar-refractivity contribution in [2.24, 2.45) is 11.0 Å². The third-order valence-electron chi connectivity index (χ3n) is 5.05. The predicted molar refractivity (Wildman–Crippen MR) is 114 cm³/mol. The van der Waals surface area contributed by atoms with Gasteiger partial charge < -0.3 is 10.4 Å². The van der Waals surface area contributed by atoms with Gasteiger partial charge in [-0.15, -0.1) is 0 Å². The number of rotatable bonds is 5. The minimum absolute atomic E-state index is 0.0440. The van der Waals surface area contributed by atoms with Gasteiger partial charge in [-0.2, -0.15) is 5.10 Å². The van der Waals surface area contributed by atoms with Gasteiger partial charge in [-0.1, -0.05) is 43.0 Å². The summed E-state index contributed by atoms with van der Waals surface area (Å²) in [4.78, 5) is 24.7. The molecule has 0 bridgehead atoms. The van der Waals surface area contributed by atoms with Crippen LogP contribution < -0.4 is 10.7 Å². The second kappa shape index (κ2) is 9.56. The number of nitrogens with one attached hydrogen (secondary N) is 2. The van der Waals surface area contributed by atoms with E-state index in [-0.39, 0.29) is 23.1 Å². The van der Waals surface area contributed by atoms with Gasteiger partial charge in [0.2, 0.25) is 5.91 Å². The Labute approximate surface area is 175 Å². The fourth-order valence-electron chi connectivity index (χ4n) is 3.38. The molecule has 152 valence electrons. The van der Waals surface area contributed by atoms with Crippen molar-refractivity contribution < 1.29 is 14.7 Å². The van der Waals surface area contributed by atoms with Crippen LogP contribution in [0.1, 0.15) is 54.9 Å². The van der Waals surface area contributed by atoms with Gasteiger partial charge in [-0.3, -0.25) is 9.59 Å². The first kappa shape index (κ1) is 20.9. The lowest BCUT2D eigenvalue weighted by Crippen LogP contribution is -2.24. The van der Waals surface area contributed by atoms with Gasteiger partial charge >= 0.3 is 0 Å². The Hall–Kier alpha value is -2.86. The van der Waals surface area contributed by atoms with Crippen LogP contribution in [-0.2, 0) is 4.79 Å². The molecule has 2 aromatic carbocycles. The number of nitrogens with zero attached hydrogens (tertiary/aromatic N) is 1. The first-order chi connectivity index (χ1) is 13.9.